The van der Waals surface area contributed by atoms with Crippen LogP contribution in [0.15, 0.2) is 256 Å². The molecule has 0 unspecified atom stereocenters. The zero-order valence-electron chi connectivity index (χ0n) is 53.9. The van der Waals surface area contributed by atoms with Gasteiger partial charge in [0.1, 0.15) is 47.0 Å². The largest absolute Gasteiger partial charge is 0.308 e. The summed E-state index contributed by atoms with van der Waals surface area (Å²) in [5.74, 6) is -13.1. The van der Waals surface area contributed by atoms with Crippen LogP contribution in [-0.4, -0.2) is 27.1 Å². The Kier molecular flexibility index (Phi) is 23.4. The van der Waals surface area contributed by atoms with Crippen LogP contribution >= 0.6 is 0 Å². The number of aryl methyl sites for hydroxylation is 2. The molecule has 17 nitrogen and oxygen atoms in total. The lowest BCUT2D eigenvalue weighted by atomic mass is 9.93. The molecule has 0 aliphatic heterocycles. The molecule has 0 atom stereocenters. The summed E-state index contributed by atoms with van der Waals surface area (Å²) in [5, 5.41) is 40.3. The lowest BCUT2D eigenvalue weighted by Gasteiger charge is -2.29. The van der Waals surface area contributed by atoms with Gasteiger partial charge < -0.3 is 14.7 Å². The van der Waals surface area contributed by atoms with Crippen molar-refractivity contribution in [3.8, 4) is 18.2 Å². The summed E-state index contributed by atoms with van der Waals surface area (Å²) < 4.78 is 145. The predicted octanol–water partition coefficient (Wildman–Crippen LogP) is 20.2. The molecule has 0 saturated carbocycles. The van der Waals surface area contributed by atoms with E-state index in [4.69, 9.17) is 39.4 Å². The third kappa shape index (κ3) is 16.8. The molecule has 0 amide bonds. The van der Waals surface area contributed by atoms with Crippen molar-refractivity contribution in [2.45, 2.75) is 13.8 Å². The van der Waals surface area contributed by atoms with Gasteiger partial charge in [0.15, 0.2) is 46.1 Å². The van der Waals surface area contributed by atoms with Crippen LogP contribution in [0, 0.1) is 145 Å². The van der Waals surface area contributed by atoms with Gasteiger partial charge in [-0.3, -0.25) is 9.97 Å². The minimum absolute atomic E-state index is 0.0274. The molecule has 3 aliphatic carbocycles. The van der Waals surface area contributed by atoms with Gasteiger partial charge in [0.2, 0.25) is 0 Å². The Bertz CT molecular complexity index is 5440. The lowest BCUT2D eigenvalue weighted by molar-refractivity contribution is 0.457. The minimum atomic E-state index is -2.02. The lowest BCUT2D eigenvalue weighted by Crippen LogP contribution is -2.24. The molecular weight excluding hydrogens is 1360 g/mol. The van der Waals surface area contributed by atoms with Gasteiger partial charge in [0.25, 0.3) is 11.4 Å². The van der Waals surface area contributed by atoms with Crippen molar-refractivity contribution in [1.29, 1.82) is 15.8 Å². The van der Waals surface area contributed by atoms with Gasteiger partial charge in [-0.25, -0.2) is 63.7 Å². The average molecular weight is 1400 g/mol. The molecule has 0 fully saturated rings. The molecule has 3 aliphatic rings. The number of aromatic nitrogens is 2. The zero-order valence-corrected chi connectivity index (χ0v) is 53.9. The highest BCUT2D eigenvalue weighted by atomic mass is 19.2. The van der Waals surface area contributed by atoms with Crippen LogP contribution in [-0.2, 0) is 0 Å². The fraction of sp³-hybridized carbons (Fsp3) is 0.0256. The van der Waals surface area contributed by atoms with Crippen LogP contribution < -0.4 is 14.7 Å². The third-order valence-corrected chi connectivity index (χ3v) is 14.9. The molecular formula is C78H39F10N17. The van der Waals surface area contributed by atoms with Gasteiger partial charge in [0.05, 0.1) is 110 Å². The summed E-state index contributed by atoms with van der Waals surface area (Å²) in [6.07, 6.45) is 19.4. The van der Waals surface area contributed by atoms with E-state index in [2.05, 4.69) is 60.7 Å². The molecule has 0 spiro atoms. The van der Waals surface area contributed by atoms with E-state index in [1.54, 1.807) is 105 Å². The first-order valence-corrected chi connectivity index (χ1v) is 29.8. The van der Waals surface area contributed by atoms with Crippen molar-refractivity contribution in [1.82, 2.24) is 9.97 Å². The summed E-state index contributed by atoms with van der Waals surface area (Å²) in [6.45, 7) is 45.8. The highest BCUT2D eigenvalue weighted by molar-refractivity contribution is 6.16. The van der Waals surface area contributed by atoms with Gasteiger partial charge in [0, 0.05) is 35.9 Å². The number of nitrogens with zero attached hydrogens (tertiary/aromatic N) is 17. The summed E-state index contributed by atoms with van der Waals surface area (Å²) in [4.78, 5) is 30.8. The molecule has 2 heterocycles. The number of hydrogen-bond donors (Lipinski definition) is 0. The van der Waals surface area contributed by atoms with E-state index in [1.165, 1.54) is 42.2 Å². The normalized spacial score (nSPS) is 15.0. The van der Waals surface area contributed by atoms with Crippen molar-refractivity contribution in [2.75, 3.05) is 14.7 Å². The molecule has 506 valence electrons. The topological polar surface area (TPSA) is 170 Å². The third-order valence-electron chi connectivity index (χ3n) is 14.9. The van der Waals surface area contributed by atoms with E-state index in [9.17, 15) is 59.7 Å². The number of pyridine rings is 2. The predicted molar refractivity (Wildman–Crippen MR) is 373 cm³/mol. The first kappa shape index (κ1) is 73.6. The summed E-state index contributed by atoms with van der Waals surface area (Å²) in [5.41, 5.74) is 1.07. The highest BCUT2D eigenvalue weighted by Crippen LogP contribution is 2.41. The number of hydrogen-bond acceptors (Lipinski definition) is 11. The van der Waals surface area contributed by atoms with Gasteiger partial charge in [-0.15, -0.1) is 14.9 Å². The standard InChI is InChI=1S/C29H12F7N5.C29H16F3N5.C20H11N7/c1-14-6-16(30)10-19(7-14)41(20-11-17(31)9-18(32)12-20)23-8-15(4-5-22(23)40-39-3)21(13-37)24-25(33)27(35)29(38-2)28(36)26(24)34;1-18-10-21(30)14-25(11-18)37(26-15-22(31)13-23(32)16-26)29-12-20(6-9-28(29)36-35-3)27(17-33)19-4-7-24(34-2)8-5-19;1-22-19(12-21)15-7-8-18(26-23-2)20(11-15)27(16-5-3-9-24-13-16)17-6-4-10-25-14-17/h4-12H,1H3;4-16H,1H3;3-11,13-14H/b21-15+,40-22+;27-20+,36-28+;19-15+,26-18+. The number of allylic oxidation sites excluding steroid dienone is 15. The smallest absolute Gasteiger partial charge is 0.269 e. The van der Waals surface area contributed by atoms with Crippen molar-refractivity contribution in [3.05, 3.63) is 390 Å². The quantitative estimate of drug-likeness (QED) is 0.0405. The van der Waals surface area contributed by atoms with E-state index < -0.39 is 75.0 Å². The first-order valence-electron chi connectivity index (χ1n) is 29.8. The van der Waals surface area contributed by atoms with Gasteiger partial charge in [-0.05, 0) is 169 Å². The Morgan fingerprint density at radius 2 is 0.781 bits per heavy atom. The second-order valence-corrected chi connectivity index (χ2v) is 21.7. The molecule has 0 bridgehead atoms. The molecule has 0 saturated heterocycles. The number of halogens is 10. The van der Waals surface area contributed by atoms with Crippen LogP contribution in [0.5, 0.6) is 0 Å². The van der Waals surface area contributed by atoms with Crippen molar-refractivity contribution in [2.24, 2.45) is 15.3 Å². The maximum atomic E-state index is 14.9. The monoisotopic (exact) mass is 1400 g/mol. The minimum Gasteiger partial charge on any atom is -0.308 e. The van der Waals surface area contributed by atoms with Crippen LogP contribution in [0.25, 0.3) is 40.5 Å². The second-order valence-electron chi connectivity index (χ2n) is 21.7. The Labute approximate surface area is 592 Å². The summed E-state index contributed by atoms with van der Waals surface area (Å²) in [6, 6.07) is 32.2. The van der Waals surface area contributed by atoms with Crippen molar-refractivity contribution >= 4 is 73.8 Å². The van der Waals surface area contributed by atoms with Crippen molar-refractivity contribution in [3.63, 3.8) is 0 Å². The van der Waals surface area contributed by atoms with E-state index >= 15 is 0 Å². The maximum Gasteiger partial charge on any atom is 0.269 e. The molecule has 2 aromatic heterocycles. The van der Waals surface area contributed by atoms with Crippen molar-refractivity contribution < 1.29 is 43.9 Å². The Hall–Kier alpha value is -15.6. The number of anilines is 6. The molecule has 0 radical (unpaired) electrons. The number of rotatable bonds is 11. The second kappa shape index (κ2) is 33.3. The fourth-order valence-electron chi connectivity index (χ4n) is 10.6. The number of nitriles is 3. The van der Waals surface area contributed by atoms with Gasteiger partial charge in [-0.2, -0.15) is 30.2 Å². The highest BCUT2D eigenvalue weighted by Gasteiger charge is 2.32. The molecule has 105 heavy (non-hydrogen) atoms. The van der Waals surface area contributed by atoms with Crippen LogP contribution in [0.2, 0.25) is 0 Å². The van der Waals surface area contributed by atoms with E-state index in [-0.39, 0.29) is 62.4 Å². The van der Waals surface area contributed by atoms with Gasteiger partial charge in [-0.1, -0.05) is 42.5 Å². The fourth-order valence-corrected chi connectivity index (χ4v) is 10.6. The Morgan fingerprint density at radius 1 is 0.410 bits per heavy atom. The van der Waals surface area contributed by atoms with Crippen LogP contribution in [0.3, 0.4) is 0 Å². The molecule has 0 N–H and O–H groups in total. The van der Waals surface area contributed by atoms with E-state index in [1.807, 2.05) is 23.1 Å². The molecule has 11 rings (SSSR count). The SMILES string of the molecule is [C-]#[N+]/N=C1C=C/C(=C(/C#N)[N+]#[C-])C=C\1N(c1cccnc1)c1cccnc1.[C-]#[N+]/N=C1C=C/C(=C(/C#N)c2c(F)c(F)c([N+]#[C-])c(F)c2F)C=C\1N(c1cc(C)cc(F)c1)c1cc(F)cc(F)c1.[C-]#[N+]/N=C1C=C/C(=C(/C#N)c2ccc([N+]#[C-])cc2)C=C\1N(c1cc(C)cc(F)c1)c1cc(F)cc(F)c1. The Balaban J connectivity index is 0.000000186. The molecule has 8 aromatic rings. The maximum absolute atomic E-state index is 14.9. The van der Waals surface area contributed by atoms with Crippen LogP contribution in [0.4, 0.5) is 89.4 Å². The molecule has 27 heteroatoms. The summed E-state index contributed by atoms with van der Waals surface area (Å²) in [7, 11) is 0. The van der Waals surface area contributed by atoms with E-state index in [0.717, 1.165) is 70.9 Å². The molecule has 6 aromatic carbocycles. The Morgan fingerprint density at radius 3 is 1.12 bits per heavy atom. The number of benzene rings is 6. The first-order chi connectivity index (χ1) is 50.6. The van der Waals surface area contributed by atoms with E-state index in [0.29, 0.717) is 57.1 Å². The van der Waals surface area contributed by atoms with Crippen LogP contribution in [0.1, 0.15) is 22.3 Å². The van der Waals surface area contributed by atoms with Gasteiger partial charge >= 0.3 is 0 Å². The zero-order chi connectivity index (χ0) is 75.6. The average Bonchev–Trinajstić information content (AvgIpc) is 0.769. The summed E-state index contributed by atoms with van der Waals surface area (Å²) >= 11 is 0.